The van der Waals surface area contributed by atoms with Crippen LogP contribution in [0.15, 0.2) is 29.6 Å². The summed E-state index contributed by atoms with van der Waals surface area (Å²) in [6, 6.07) is 7.34. The highest BCUT2D eigenvalue weighted by Gasteiger charge is 2.11. The number of esters is 1. The molecule has 0 N–H and O–H groups in total. The van der Waals surface area contributed by atoms with Crippen molar-refractivity contribution in [3.63, 3.8) is 0 Å². The molecule has 0 aliphatic heterocycles. The molecular weight excluding hydrogens is 222 g/mol. The lowest BCUT2D eigenvalue weighted by molar-refractivity contribution is 0.0729. The van der Waals surface area contributed by atoms with E-state index in [0.29, 0.717) is 11.4 Å². The quantitative estimate of drug-likeness (QED) is 0.591. The monoisotopic (exact) mass is 233 g/mol. The molecule has 0 aliphatic rings. The minimum Gasteiger partial charge on any atom is -0.422 e. The molecule has 1 aromatic heterocycles. The van der Waals surface area contributed by atoms with Gasteiger partial charge < -0.3 is 4.74 Å². The zero-order valence-electron chi connectivity index (χ0n) is 9.06. The van der Waals surface area contributed by atoms with Gasteiger partial charge in [0, 0.05) is 5.38 Å². The van der Waals surface area contributed by atoms with Gasteiger partial charge in [-0.2, -0.15) is 0 Å². The summed E-state index contributed by atoms with van der Waals surface area (Å²) in [6.45, 7) is 3.84. The van der Waals surface area contributed by atoms with Gasteiger partial charge in [0.1, 0.15) is 5.75 Å². The second-order valence-electron chi connectivity index (χ2n) is 3.45. The summed E-state index contributed by atoms with van der Waals surface area (Å²) < 4.78 is 5.17. The van der Waals surface area contributed by atoms with Crippen molar-refractivity contribution in [3.8, 4) is 5.75 Å². The molecule has 0 spiro atoms. The lowest BCUT2D eigenvalue weighted by Crippen LogP contribution is -2.08. The Hall–Kier alpha value is -1.68. The van der Waals surface area contributed by atoms with Crippen LogP contribution in [0.2, 0.25) is 0 Å². The van der Waals surface area contributed by atoms with Gasteiger partial charge in [0.15, 0.2) is 5.69 Å². The molecule has 0 unspecified atom stereocenters. The maximum atomic E-state index is 11.6. The minimum atomic E-state index is -0.409. The molecule has 2 rings (SSSR count). The highest BCUT2D eigenvalue weighted by Crippen LogP contribution is 2.15. The lowest BCUT2D eigenvalue weighted by atomic mass is 10.2. The molecule has 0 amide bonds. The van der Waals surface area contributed by atoms with Gasteiger partial charge >= 0.3 is 5.97 Å². The first kappa shape index (κ1) is 10.8. The van der Waals surface area contributed by atoms with Gasteiger partial charge in [0.2, 0.25) is 0 Å². The normalized spacial score (nSPS) is 10.1. The Morgan fingerprint density at radius 2 is 1.94 bits per heavy atom. The molecule has 0 saturated heterocycles. The number of rotatable bonds is 2. The van der Waals surface area contributed by atoms with E-state index in [1.807, 2.05) is 26.0 Å². The molecule has 3 nitrogen and oxygen atoms in total. The average molecular weight is 233 g/mol. The van der Waals surface area contributed by atoms with Crippen LogP contribution in [0.25, 0.3) is 0 Å². The van der Waals surface area contributed by atoms with Crippen LogP contribution in [0.5, 0.6) is 5.75 Å². The third-order valence-electron chi connectivity index (χ3n) is 2.06. The minimum absolute atomic E-state index is 0.364. The van der Waals surface area contributed by atoms with Crippen LogP contribution in [0.4, 0.5) is 0 Å². The van der Waals surface area contributed by atoms with Gasteiger partial charge in [-0.25, -0.2) is 9.78 Å². The van der Waals surface area contributed by atoms with Crippen LogP contribution < -0.4 is 4.74 Å². The first-order valence-electron chi connectivity index (χ1n) is 4.86. The lowest BCUT2D eigenvalue weighted by Gasteiger charge is -2.01. The van der Waals surface area contributed by atoms with E-state index >= 15 is 0 Å². The summed E-state index contributed by atoms with van der Waals surface area (Å²) in [5.41, 5.74) is 1.49. The molecular formula is C12H11NO2S. The zero-order valence-corrected chi connectivity index (χ0v) is 9.88. The maximum absolute atomic E-state index is 11.6. The number of benzene rings is 1. The number of nitrogens with zero attached hydrogens (tertiary/aromatic N) is 1. The fourth-order valence-corrected chi connectivity index (χ4v) is 1.80. The maximum Gasteiger partial charge on any atom is 0.363 e. The van der Waals surface area contributed by atoms with Crippen molar-refractivity contribution in [2.75, 3.05) is 0 Å². The topological polar surface area (TPSA) is 39.2 Å². The molecule has 0 saturated carbocycles. The summed E-state index contributed by atoms with van der Waals surface area (Å²) in [6.07, 6.45) is 0. The van der Waals surface area contributed by atoms with E-state index in [2.05, 4.69) is 4.98 Å². The van der Waals surface area contributed by atoms with E-state index in [4.69, 9.17) is 4.74 Å². The summed E-state index contributed by atoms with van der Waals surface area (Å²) in [5, 5.41) is 2.56. The molecule has 0 radical (unpaired) electrons. The van der Waals surface area contributed by atoms with E-state index in [1.54, 1.807) is 17.5 Å². The number of thiazole rings is 1. The van der Waals surface area contributed by atoms with Crippen LogP contribution in [-0.2, 0) is 0 Å². The van der Waals surface area contributed by atoms with Gasteiger partial charge in [-0.3, -0.25) is 0 Å². The molecule has 0 bridgehead atoms. The number of aromatic nitrogens is 1. The Morgan fingerprint density at radius 1 is 1.25 bits per heavy atom. The smallest absolute Gasteiger partial charge is 0.363 e. The summed E-state index contributed by atoms with van der Waals surface area (Å²) >= 11 is 1.43. The van der Waals surface area contributed by atoms with Crippen molar-refractivity contribution in [1.29, 1.82) is 0 Å². The van der Waals surface area contributed by atoms with E-state index in [-0.39, 0.29) is 0 Å². The predicted molar refractivity (Wildman–Crippen MR) is 63.0 cm³/mol. The molecule has 1 heterocycles. The van der Waals surface area contributed by atoms with Crippen LogP contribution >= 0.6 is 11.3 Å². The van der Waals surface area contributed by atoms with Crippen molar-refractivity contribution >= 4 is 17.3 Å². The molecule has 82 valence electrons. The standard InChI is InChI=1S/C12H11NO2S/c1-8-3-5-10(6-4-8)15-12(14)11-7-16-9(2)13-11/h3-7H,1-2H3. The van der Waals surface area contributed by atoms with Crippen molar-refractivity contribution in [2.24, 2.45) is 0 Å². The fourth-order valence-electron chi connectivity index (χ4n) is 1.22. The molecule has 2 aromatic rings. The number of aryl methyl sites for hydroxylation is 2. The Bertz CT molecular complexity index is 502. The molecule has 0 fully saturated rings. The first-order chi connectivity index (χ1) is 7.65. The fraction of sp³-hybridized carbons (Fsp3) is 0.167. The predicted octanol–water partition coefficient (Wildman–Crippen LogP) is 2.98. The number of carbonyl (C=O) groups excluding carboxylic acids is 1. The highest BCUT2D eigenvalue weighted by molar-refractivity contribution is 7.09. The number of carbonyl (C=O) groups is 1. The van der Waals surface area contributed by atoms with Gasteiger partial charge in [0.25, 0.3) is 0 Å². The zero-order chi connectivity index (χ0) is 11.5. The highest BCUT2D eigenvalue weighted by atomic mass is 32.1. The number of hydrogen-bond acceptors (Lipinski definition) is 4. The summed E-state index contributed by atoms with van der Waals surface area (Å²) in [4.78, 5) is 15.7. The Morgan fingerprint density at radius 3 is 2.50 bits per heavy atom. The SMILES string of the molecule is Cc1ccc(OC(=O)c2csc(C)n2)cc1. The van der Waals surface area contributed by atoms with E-state index in [1.165, 1.54) is 11.3 Å². The van der Waals surface area contributed by atoms with Gasteiger partial charge in [-0.1, -0.05) is 17.7 Å². The van der Waals surface area contributed by atoms with Crippen molar-refractivity contribution in [2.45, 2.75) is 13.8 Å². The van der Waals surface area contributed by atoms with Gasteiger partial charge in [-0.05, 0) is 26.0 Å². The van der Waals surface area contributed by atoms with Gasteiger partial charge in [0.05, 0.1) is 5.01 Å². The number of hydrogen-bond donors (Lipinski definition) is 0. The van der Waals surface area contributed by atoms with Crippen molar-refractivity contribution < 1.29 is 9.53 Å². The van der Waals surface area contributed by atoms with Crippen LogP contribution in [0, 0.1) is 13.8 Å². The Balaban J connectivity index is 2.10. The van der Waals surface area contributed by atoms with Crippen LogP contribution in [0.3, 0.4) is 0 Å². The van der Waals surface area contributed by atoms with Crippen LogP contribution in [-0.4, -0.2) is 11.0 Å². The summed E-state index contributed by atoms with van der Waals surface area (Å²) in [7, 11) is 0. The van der Waals surface area contributed by atoms with E-state index in [0.717, 1.165) is 10.6 Å². The van der Waals surface area contributed by atoms with E-state index < -0.39 is 5.97 Å². The molecule has 0 aliphatic carbocycles. The van der Waals surface area contributed by atoms with E-state index in [9.17, 15) is 4.79 Å². The largest absolute Gasteiger partial charge is 0.422 e. The third kappa shape index (κ3) is 2.46. The number of ether oxygens (including phenoxy) is 1. The molecule has 0 atom stereocenters. The Kier molecular flexibility index (Phi) is 3.01. The molecule has 16 heavy (non-hydrogen) atoms. The molecule has 4 heteroatoms. The first-order valence-corrected chi connectivity index (χ1v) is 5.74. The third-order valence-corrected chi connectivity index (χ3v) is 2.83. The second kappa shape index (κ2) is 4.45. The van der Waals surface area contributed by atoms with Crippen molar-refractivity contribution in [1.82, 2.24) is 4.98 Å². The molecule has 1 aromatic carbocycles. The van der Waals surface area contributed by atoms with Crippen molar-refractivity contribution in [3.05, 3.63) is 45.9 Å². The van der Waals surface area contributed by atoms with Gasteiger partial charge in [-0.15, -0.1) is 11.3 Å². The summed E-state index contributed by atoms with van der Waals surface area (Å²) in [5.74, 6) is 0.134. The van der Waals surface area contributed by atoms with Crippen LogP contribution in [0.1, 0.15) is 21.1 Å². The second-order valence-corrected chi connectivity index (χ2v) is 4.52. The average Bonchev–Trinajstić information content (AvgIpc) is 2.68. The Labute approximate surface area is 97.7 Å².